The number of hydrogen-bond acceptors (Lipinski definition) is 5. The Morgan fingerprint density at radius 1 is 1.03 bits per heavy atom. The number of nitrogens with zero attached hydrogens (tertiary/aromatic N) is 3. The van der Waals surface area contributed by atoms with Crippen molar-refractivity contribution in [3.05, 3.63) is 75.8 Å². The van der Waals surface area contributed by atoms with Crippen LogP contribution in [0.3, 0.4) is 0 Å². The Morgan fingerprint density at radius 3 is 2.42 bits per heavy atom. The maximum absolute atomic E-state index is 12.9. The lowest BCUT2D eigenvalue weighted by atomic mass is 10.0. The van der Waals surface area contributed by atoms with Crippen LogP contribution in [0.2, 0.25) is 0 Å². The standard InChI is InChI=1S/C22H19F3N4O2/c23-22(24,25)16-8-9-19(21(13-16)29(30)31)27-26-14-15-7-10-20(28-11-3-4-12-28)18-6-2-1-5-17(15)18/h1-2,5-10,13-14,27H,3-4,11-12H2/b26-14-. The van der Waals surface area contributed by atoms with Crippen LogP contribution < -0.4 is 10.3 Å². The number of anilines is 2. The third kappa shape index (κ3) is 4.30. The van der Waals surface area contributed by atoms with E-state index in [9.17, 15) is 23.3 Å². The minimum Gasteiger partial charge on any atom is -0.371 e. The largest absolute Gasteiger partial charge is 0.416 e. The van der Waals surface area contributed by atoms with Gasteiger partial charge in [-0.1, -0.05) is 30.3 Å². The molecule has 3 aromatic carbocycles. The van der Waals surface area contributed by atoms with Gasteiger partial charge in [-0.2, -0.15) is 18.3 Å². The minimum atomic E-state index is -4.66. The zero-order valence-corrected chi connectivity index (χ0v) is 16.4. The molecule has 1 heterocycles. The van der Waals surface area contributed by atoms with Crippen LogP contribution in [0.1, 0.15) is 24.0 Å². The minimum absolute atomic E-state index is 0.118. The molecule has 6 nitrogen and oxygen atoms in total. The van der Waals surface area contributed by atoms with Crippen molar-refractivity contribution in [2.24, 2.45) is 5.10 Å². The van der Waals surface area contributed by atoms with Crippen LogP contribution >= 0.6 is 0 Å². The Morgan fingerprint density at radius 2 is 1.74 bits per heavy atom. The van der Waals surface area contributed by atoms with E-state index >= 15 is 0 Å². The van der Waals surface area contributed by atoms with Crippen LogP contribution in [-0.2, 0) is 6.18 Å². The quantitative estimate of drug-likeness (QED) is 0.316. The first-order valence-electron chi connectivity index (χ1n) is 9.76. The zero-order chi connectivity index (χ0) is 22.0. The smallest absolute Gasteiger partial charge is 0.371 e. The van der Waals surface area contributed by atoms with E-state index in [1.807, 2.05) is 36.4 Å². The second-order valence-electron chi connectivity index (χ2n) is 7.27. The highest BCUT2D eigenvalue weighted by atomic mass is 19.4. The van der Waals surface area contributed by atoms with Gasteiger partial charge in [-0.05, 0) is 36.4 Å². The molecule has 0 aliphatic carbocycles. The zero-order valence-electron chi connectivity index (χ0n) is 16.4. The fourth-order valence-corrected chi connectivity index (χ4v) is 3.78. The fraction of sp³-hybridized carbons (Fsp3) is 0.227. The van der Waals surface area contributed by atoms with E-state index < -0.39 is 22.4 Å². The summed E-state index contributed by atoms with van der Waals surface area (Å²) in [5, 5.41) is 17.3. The van der Waals surface area contributed by atoms with Crippen molar-refractivity contribution in [3.63, 3.8) is 0 Å². The molecule has 1 aliphatic heterocycles. The first kappa shape index (κ1) is 20.6. The Hall–Kier alpha value is -3.62. The molecule has 0 radical (unpaired) electrons. The molecule has 0 bridgehead atoms. The number of fused-ring (bicyclic) bond motifs is 1. The number of alkyl halides is 3. The number of halogens is 3. The Balaban J connectivity index is 1.63. The molecule has 0 spiro atoms. The predicted octanol–water partition coefficient (Wildman–Crippen LogP) is 5.81. The lowest BCUT2D eigenvalue weighted by molar-refractivity contribution is -0.384. The van der Waals surface area contributed by atoms with Crippen molar-refractivity contribution in [2.45, 2.75) is 19.0 Å². The lowest BCUT2D eigenvalue weighted by Crippen LogP contribution is -2.17. The van der Waals surface area contributed by atoms with E-state index in [1.54, 1.807) is 0 Å². The van der Waals surface area contributed by atoms with Gasteiger partial charge in [0.15, 0.2) is 0 Å². The Labute approximate surface area is 176 Å². The van der Waals surface area contributed by atoms with Crippen molar-refractivity contribution in [1.29, 1.82) is 0 Å². The molecule has 3 aromatic rings. The normalized spacial score (nSPS) is 14.5. The summed E-state index contributed by atoms with van der Waals surface area (Å²) in [6.07, 6.45) is -0.833. The van der Waals surface area contributed by atoms with E-state index in [0.717, 1.165) is 60.1 Å². The molecule has 0 saturated carbocycles. The van der Waals surface area contributed by atoms with Crippen LogP contribution in [0.4, 0.5) is 30.2 Å². The highest BCUT2D eigenvalue weighted by Crippen LogP contribution is 2.35. The van der Waals surface area contributed by atoms with Crippen molar-refractivity contribution in [2.75, 3.05) is 23.4 Å². The Bertz CT molecular complexity index is 1160. The molecule has 0 unspecified atom stereocenters. The molecular formula is C22H19F3N4O2. The van der Waals surface area contributed by atoms with Crippen LogP contribution in [0.15, 0.2) is 59.7 Å². The molecule has 1 aliphatic rings. The molecular weight excluding hydrogens is 409 g/mol. The van der Waals surface area contributed by atoms with Crippen LogP contribution in [0.25, 0.3) is 10.8 Å². The summed E-state index contributed by atoms with van der Waals surface area (Å²) < 4.78 is 38.6. The van der Waals surface area contributed by atoms with Crippen molar-refractivity contribution in [3.8, 4) is 0 Å². The highest BCUT2D eigenvalue weighted by molar-refractivity contribution is 6.05. The maximum atomic E-state index is 12.9. The Kier molecular flexibility index (Phi) is 5.50. The second-order valence-corrected chi connectivity index (χ2v) is 7.27. The van der Waals surface area contributed by atoms with Gasteiger partial charge in [-0.25, -0.2) is 0 Å². The molecule has 0 amide bonds. The molecule has 1 fully saturated rings. The van der Waals surface area contributed by atoms with Gasteiger partial charge in [0.05, 0.1) is 16.7 Å². The topological polar surface area (TPSA) is 70.8 Å². The molecule has 4 rings (SSSR count). The molecule has 160 valence electrons. The summed E-state index contributed by atoms with van der Waals surface area (Å²) in [4.78, 5) is 12.7. The first-order chi connectivity index (χ1) is 14.8. The van der Waals surface area contributed by atoms with Crippen LogP contribution in [0, 0.1) is 10.1 Å². The summed E-state index contributed by atoms with van der Waals surface area (Å²) >= 11 is 0. The number of hydrazone groups is 1. The predicted molar refractivity (Wildman–Crippen MR) is 115 cm³/mol. The number of nitro benzene ring substituents is 1. The van der Waals surface area contributed by atoms with Crippen LogP contribution in [0.5, 0.6) is 0 Å². The molecule has 0 atom stereocenters. The third-order valence-electron chi connectivity index (χ3n) is 5.29. The van der Waals surface area contributed by atoms with E-state index in [2.05, 4.69) is 15.4 Å². The maximum Gasteiger partial charge on any atom is 0.416 e. The van der Waals surface area contributed by atoms with Gasteiger partial charge in [0.1, 0.15) is 5.69 Å². The summed E-state index contributed by atoms with van der Waals surface area (Å²) in [5.41, 5.74) is 2.55. The van der Waals surface area contributed by atoms with Crippen molar-refractivity contribution >= 4 is 34.0 Å². The summed E-state index contributed by atoms with van der Waals surface area (Å²) in [5.74, 6) is 0. The molecule has 31 heavy (non-hydrogen) atoms. The SMILES string of the molecule is O=[N+]([O-])c1cc(C(F)(F)F)ccc1N/N=C\c1ccc(N2CCCC2)c2ccccc12. The molecule has 9 heteroatoms. The number of benzene rings is 3. The molecule has 0 aromatic heterocycles. The summed E-state index contributed by atoms with van der Waals surface area (Å²) in [7, 11) is 0. The number of hydrogen-bond donors (Lipinski definition) is 1. The van der Waals surface area contributed by atoms with Gasteiger partial charge in [-0.15, -0.1) is 0 Å². The average Bonchev–Trinajstić information content (AvgIpc) is 3.27. The van der Waals surface area contributed by atoms with Gasteiger partial charge < -0.3 is 4.90 Å². The van der Waals surface area contributed by atoms with Gasteiger partial charge in [0.25, 0.3) is 5.69 Å². The molecule has 1 saturated heterocycles. The van der Waals surface area contributed by atoms with Crippen molar-refractivity contribution < 1.29 is 18.1 Å². The van der Waals surface area contributed by atoms with Gasteiger partial charge in [0, 0.05) is 35.8 Å². The lowest BCUT2D eigenvalue weighted by Gasteiger charge is -2.20. The first-order valence-corrected chi connectivity index (χ1v) is 9.76. The van der Waals surface area contributed by atoms with E-state index in [-0.39, 0.29) is 5.69 Å². The fourth-order valence-electron chi connectivity index (χ4n) is 3.78. The average molecular weight is 428 g/mol. The second kappa shape index (κ2) is 8.25. The number of rotatable bonds is 5. The van der Waals surface area contributed by atoms with E-state index in [4.69, 9.17) is 0 Å². The van der Waals surface area contributed by atoms with Gasteiger partial charge >= 0.3 is 6.18 Å². The van der Waals surface area contributed by atoms with Gasteiger partial charge in [0.2, 0.25) is 0 Å². The van der Waals surface area contributed by atoms with Crippen molar-refractivity contribution in [1.82, 2.24) is 0 Å². The summed E-state index contributed by atoms with van der Waals surface area (Å²) in [6, 6.07) is 14.1. The van der Waals surface area contributed by atoms with Crippen LogP contribution in [-0.4, -0.2) is 24.2 Å². The number of nitrogens with one attached hydrogen (secondary N) is 1. The molecule has 1 N–H and O–H groups in total. The summed E-state index contributed by atoms with van der Waals surface area (Å²) in [6.45, 7) is 2.02. The van der Waals surface area contributed by atoms with Gasteiger partial charge in [-0.3, -0.25) is 15.5 Å². The number of nitro groups is 1. The highest BCUT2D eigenvalue weighted by Gasteiger charge is 2.33. The van der Waals surface area contributed by atoms with E-state index in [0.29, 0.717) is 6.07 Å². The third-order valence-corrected chi connectivity index (χ3v) is 5.29. The van der Waals surface area contributed by atoms with E-state index in [1.165, 1.54) is 6.21 Å². The monoisotopic (exact) mass is 428 g/mol.